The van der Waals surface area contributed by atoms with E-state index in [4.69, 9.17) is 4.52 Å². The summed E-state index contributed by atoms with van der Waals surface area (Å²) in [4.78, 5) is 32.5. The SMILES string of the molecule is CCC(NC(=O)c1cccc(-c2ccc(C(C)=O)cn2)c1)c1nc(C)no1. The molecule has 0 radical (unpaired) electrons. The third-order valence-corrected chi connectivity index (χ3v) is 4.15. The van der Waals surface area contributed by atoms with Gasteiger partial charge in [0, 0.05) is 22.9 Å². The Balaban J connectivity index is 1.79. The number of carbonyl (C=O) groups is 2. The van der Waals surface area contributed by atoms with E-state index in [0.717, 1.165) is 5.56 Å². The van der Waals surface area contributed by atoms with Gasteiger partial charge in [0.25, 0.3) is 5.91 Å². The number of pyridine rings is 1. The maximum absolute atomic E-state index is 12.7. The number of benzene rings is 1. The monoisotopic (exact) mass is 364 g/mol. The van der Waals surface area contributed by atoms with Crippen LogP contribution in [0.2, 0.25) is 0 Å². The molecule has 2 aromatic heterocycles. The van der Waals surface area contributed by atoms with Gasteiger partial charge in [-0.3, -0.25) is 14.6 Å². The van der Waals surface area contributed by atoms with Gasteiger partial charge < -0.3 is 9.84 Å². The van der Waals surface area contributed by atoms with Crippen molar-refractivity contribution in [1.82, 2.24) is 20.4 Å². The lowest BCUT2D eigenvalue weighted by molar-refractivity contribution is 0.0926. The molecule has 1 aromatic carbocycles. The maximum Gasteiger partial charge on any atom is 0.251 e. The van der Waals surface area contributed by atoms with Crippen molar-refractivity contribution in [2.75, 3.05) is 0 Å². The molecule has 0 bridgehead atoms. The van der Waals surface area contributed by atoms with Crippen LogP contribution in [0.5, 0.6) is 0 Å². The van der Waals surface area contributed by atoms with Crippen LogP contribution >= 0.6 is 0 Å². The second kappa shape index (κ2) is 7.90. The average Bonchev–Trinajstić information content (AvgIpc) is 3.12. The largest absolute Gasteiger partial charge is 0.340 e. The van der Waals surface area contributed by atoms with Crippen molar-refractivity contribution in [3.63, 3.8) is 0 Å². The standard InChI is InChI=1S/C20H20N4O3/c1-4-17(20-22-13(3)24-27-20)23-19(26)15-7-5-6-14(10-15)18-9-8-16(11-21-18)12(2)25/h5-11,17H,4H2,1-3H3,(H,23,26). The molecule has 3 aromatic rings. The van der Waals surface area contributed by atoms with E-state index in [1.165, 1.54) is 13.1 Å². The molecule has 3 rings (SSSR count). The highest BCUT2D eigenvalue weighted by molar-refractivity contribution is 5.96. The molecular formula is C20H20N4O3. The van der Waals surface area contributed by atoms with Crippen molar-refractivity contribution < 1.29 is 14.1 Å². The Kier molecular flexibility index (Phi) is 5.40. The number of carbonyl (C=O) groups excluding carboxylic acids is 2. The zero-order chi connectivity index (χ0) is 19.4. The number of Topliss-reactive ketones (excluding diaryl/α,β-unsaturated/α-hetero) is 1. The molecule has 7 heteroatoms. The average molecular weight is 364 g/mol. The molecule has 1 N–H and O–H groups in total. The van der Waals surface area contributed by atoms with E-state index in [-0.39, 0.29) is 17.7 Å². The number of aromatic nitrogens is 3. The van der Waals surface area contributed by atoms with Gasteiger partial charge in [0.2, 0.25) is 5.89 Å². The number of amides is 1. The first-order chi connectivity index (χ1) is 13.0. The quantitative estimate of drug-likeness (QED) is 0.672. The minimum atomic E-state index is -0.352. The number of rotatable bonds is 6. The molecule has 1 atom stereocenters. The molecule has 2 heterocycles. The molecule has 0 fully saturated rings. The first-order valence-electron chi connectivity index (χ1n) is 8.66. The van der Waals surface area contributed by atoms with Crippen LogP contribution in [-0.4, -0.2) is 26.8 Å². The number of hydrogen-bond acceptors (Lipinski definition) is 6. The molecule has 1 unspecified atom stereocenters. The smallest absolute Gasteiger partial charge is 0.251 e. The molecule has 1 amide bonds. The first kappa shape index (κ1) is 18.4. The molecule has 0 spiro atoms. The van der Waals surface area contributed by atoms with Crippen LogP contribution in [-0.2, 0) is 0 Å². The molecule has 7 nitrogen and oxygen atoms in total. The highest BCUT2D eigenvalue weighted by Gasteiger charge is 2.19. The Labute approximate surface area is 156 Å². The van der Waals surface area contributed by atoms with Crippen molar-refractivity contribution in [1.29, 1.82) is 0 Å². The second-order valence-electron chi connectivity index (χ2n) is 6.18. The molecule has 0 aliphatic heterocycles. The third kappa shape index (κ3) is 4.25. The summed E-state index contributed by atoms with van der Waals surface area (Å²) < 4.78 is 5.16. The summed E-state index contributed by atoms with van der Waals surface area (Å²) >= 11 is 0. The minimum Gasteiger partial charge on any atom is -0.340 e. The van der Waals surface area contributed by atoms with Gasteiger partial charge in [-0.15, -0.1) is 0 Å². The first-order valence-corrected chi connectivity index (χ1v) is 8.66. The second-order valence-corrected chi connectivity index (χ2v) is 6.18. The summed E-state index contributed by atoms with van der Waals surface area (Å²) in [5.41, 5.74) is 2.53. The predicted octanol–water partition coefficient (Wildman–Crippen LogP) is 3.52. The van der Waals surface area contributed by atoms with Crippen LogP contribution in [0.15, 0.2) is 47.1 Å². The summed E-state index contributed by atoms with van der Waals surface area (Å²) in [7, 11) is 0. The van der Waals surface area contributed by atoms with Crippen LogP contribution in [0.3, 0.4) is 0 Å². The summed E-state index contributed by atoms with van der Waals surface area (Å²) in [6, 6.07) is 10.3. The molecule has 0 saturated carbocycles. The van der Waals surface area contributed by atoms with Gasteiger partial charge in [-0.1, -0.05) is 24.2 Å². The fraction of sp³-hybridized carbons (Fsp3) is 0.250. The van der Waals surface area contributed by atoms with Gasteiger partial charge in [0.15, 0.2) is 11.6 Å². The summed E-state index contributed by atoms with van der Waals surface area (Å²) in [6.07, 6.45) is 2.16. The molecule has 27 heavy (non-hydrogen) atoms. The Morgan fingerprint density at radius 1 is 1.19 bits per heavy atom. The molecular weight excluding hydrogens is 344 g/mol. The van der Waals surface area contributed by atoms with Crippen molar-refractivity contribution in [2.24, 2.45) is 0 Å². The van der Waals surface area contributed by atoms with Crippen LogP contribution in [0.1, 0.15) is 58.7 Å². The van der Waals surface area contributed by atoms with Crippen LogP contribution in [0, 0.1) is 6.92 Å². The van der Waals surface area contributed by atoms with Gasteiger partial charge in [-0.25, -0.2) is 0 Å². The van der Waals surface area contributed by atoms with Crippen molar-refractivity contribution >= 4 is 11.7 Å². The summed E-state index contributed by atoms with van der Waals surface area (Å²) in [5, 5.41) is 6.68. The Morgan fingerprint density at radius 3 is 2.59 bits per heavy atom. The van der Waals surface area contributed by atoms with Crippen LogP contribution < -0.4 is 5.32 Å². The Hall–Kier alpha value is -3.35. The lowest BCUT2D eigenvalue weighted by Crippen LogP contribution is -2.28. The van der Waals surface area contributed by atoms with E-state index in [1.54, 1.807) is 37.3 Å². The van der Waals surface area contributed by atoms with E-state index in [0.29, 0.717) is 35.0 Å². The third-order valence-electron chi connectivity index (χ3n) is 4.15. The van der Waals surface area contributed by atoms with E-state index in [2.05, 4.69) is 20.4 Å². The predicted molar refractivity (Wildman–Crippen MR) is 99.2 cm³/mol. The fourth-order valence-electron chi connectivity index (χ4n) is 2.63. The minimum absolute atomic E-state index is 0.0379. The zero-order valence-corrected chi connectivity index (χ0v) is 15.4. The highest BCUT2D eigenvalue weighted by atomic mass is 16.5. The Morgan fingerprint density at radius 2 is 2.00 bits per heavy atom. The number of nitrogens with zero attached hydrogens (tertiary/aromatic N) is 3. The number of aryl methyl sites for hydroxylation is 1. The topological polar surface area (TPSA) is 98.0 Å². The molecule has 0 aliphatic rings. The van der Waals surface area contributed by atoms with Gasteiger partial charge >= 0.3 is 0 Å². The van der Waals surface area contributed by atoms with Gasteiger partial charge in [0.05, 0.1) is 5.69 Å². The molecule has 138 valence electrons. The zero-order valence-electron chi connectivity index (χ0n) is 15.4. The maximum atomic E-state index is 12.7. The molecule has 0 aliphatic carbocycles. The van der Waals surface area contributed by atoms with E-state index in [9.17, 15) is 9.59 Å². The van der Waals surface area contributed by atoms with Crippen molar-refractivity contribution in [2.45, 2.75) is 33.2 Å². The van der Waals surface area contributed by atoms with Crippen LogP contribution in [0.4, 0.5) is 0 Å². The van der Waals surface area contributed by atoms with E-state index in [1.807, 2.05) is 13.0 Å². The number of hydrogen-bond donors (Lipinski definition) is 1. The number of nitrogens with one attached hydrogen (secondary N) is 1. The van der Waals surface area contributed by atoms with Gasteiger partial charge in [-0.2, -0.15) is 4.98 Å². The summed E-state index contributed by atoms with van der Waals surface area (Å²) in [6.45, 7) is 5.16. The van der Waals surface area contributed by atoms with Crippen LogP contribution in [0.25, 0.3) is 11.3 Å². The Bertz CT molecular complexity index is 963. The van der Waals surface area contributed by atoms with Gasteiger partial charge in [0.1, 0.15) is 6.04 Å². The summed E-state index contributed by atoms with van der Waals surface area (Å²) in [5.74, 6) is 0.643. The highest BCUT2D eigenvalue weighted by Crippen LogP contribution is 2.20. The number of ketones is 1. The van der Waals surface area contributed by atoms with Gasteiger partial charge in [-0.05, 0) is 44.5 Å². The lowest BCUT2D eigenvalue weighted by atomic mass is 10.1. The van der Waals surface area contributed by atoms with E-state index >= 15 is 0 Å². The lowest BCUT2D eigenvalue weighted by Gasteiger charge is -2.13. The fourth-order valence-corrected chi connectivity index (χ4v) is 2.63. The van der Waals surface area contributed by atoms with E-state index < -0.39 is 0 Å². The molecule has 0 saturated heterocycles. The van der Waals surface area contributed by atoms with Crippen molar-refractivity contribution in [3.8, 4) is 11.3 Å². The normalized spacial score (nSPS) is 11.8. The van der Waals surface area contributed by atoms with Crippen molar-refractivity contribution in [3.05, 3.63) is 65.4 Å².